The first-order valence-electron chi connectivity index (χ1n) is 10.0. The molecule has 1 saturated heterocycles. The molecular formula is C21H27F3N2O5S. The molecule has 0 spiro atoms. The number of nitrogens with one attached hydrogen (secondary N) is 1. The minimum Gasteiger partial charge on any atom is -0.475 e. The van der Waals surface area contributed by atoms with E-state index in [1.165, 1.54) is 0 Å². The van der Waals surface area contributed by atoms with E-state index in [1.54, 1.807) is 18.2 Å². The number of carboxylic acid groups (broad SMARTS) is 1. The van der Waals surface area contributed by atoms with Crippen LogP contribution in [0.1, 0.15) is 26.7 Å². The first-order chi connectivity index (χ1) is 14.8. The summed E-state index contributed by atoms with van der Waals surface area (Å²) in [7, 11) is -3.67. The van der Waals surface area contributed by atoms with Gasteiger partial charge in [0.25, 0.3) is 0 Å². The molecule has 2 aromatic carbocycles. The number of nitrogens with zero attached hydrogens (tertiary/aromatic N) is 1. The summed E-state index contributed by atoms with van der Waals surface area (Å²) < 4.78 is 59.7. The summed E-state index contributed by atoms with van der Waals surface area (Å²) in [6.45, 7) is 4.80. The molecule has 0 bridgehead atoms. The van der Waals surface area contributed by atoms with Gasteiger partial charge in [0.15, 0.2) is 0 Å². The van der Waals surface area contributed by atoms with Gasteiger partial charge in [-0.1, -0.05) is 36.4 Å². The number of rotatable bonds is 6. The summed E-state index contributed by atoms with van der Waals surface area (Å²) in [6.07, 6.45) is -3.57. The highest BCUT2D eigenvalue weighted by molar-refractivity contribution is 7.89. The van der Waals surface area contributed by atoms with Gasteiger partial charge in [0, 0.05) is 30.6 Å². The van der Waals surface area contributed by atoms with E-state index in [-0.39, 0.29) is 11.4 Å². The largest absolute Gasteiger partial charge is 0.490 e. The average molecular weight is 477 g/mol. The number of aliphatic hydroxyl groups excluding tert-OH is 1. The molecule has 2 unspecified atom stereocenters. The van der Waals surface area contributed by atoms with E-state index in [1.807, 2.05) is 24.3 Å². The highest BCUT2D eigenvalue weighted by Gasteiger charge is 2.38. The molecule has 0 aromatic heterocycles. The fourth-order valence-electron chi connectivity index (χ4n) is 3.63. The van der Waals surface area contributed by atoms with E-state index in [4.69, 9.17) is 9.90 Å². The Balaban J connectivity index is 0.000000451. The standard InChI is InChI=1S/C19H26N2O3S.C2HF3O2/c1-14-10-11-15(2)21(14)13-17(22)12-20-25(23,24)19-9-5-7-16-6-3-4-8-18(16)19;3-2(4,5)1(6)7/h3-9,14-15,17,20,22H,10-13H2,1-2H3;(H,6,7)/t14?,15?,17-;/m0./s1. The topological polar surface area (TPSA) is 107 Å². The third kappa shape index (κ3) is 6.89. The molecule has 7 nitrogen and oxygen atoms in total. The second-order valence-electron chi connectivity index (χ2n) is 7.76. The van der Waals surface area contributed by atoms with Gasteiger partial charge in [-0.25, -0.2) is 17.9 Å². The summed E-state index contributed by atoms with van der Waals surface area (Å²) in [5.74, 6) is -2.76. The maximum absolute atomic E-state index is 12.7. The second-order valence-corrected chi connectivity index (χ2v) is 9.49. The smallest absolute Gasteiger partial charge is 0.475 e. The fraction of sp³-hybridized carbons (Fsp3) is 0.476. The molecule has 1 fully saturated rings. The first kappa shape index (κ1) is 26.0. The number of fused-ring (bicyclic) bond motifs is 1. The molecule has 3 atom stereocenters. The predicted molar refractivity (Wildman–Crippen MR) is 114 cm³/mol. The Bertz CT molecular complexity index is 1010. The Morgan fingerprint density at radius 2 is 1.66 bits per heavy atom. The van der Waals surface area contributed by atoms with Crippen LogP contribution in [0.3, 0.4) is 0 Å². The summed E-state index contributed by atoms with van der Waals surface area (Å²) in [5.41, 5.74) is 0. The lowest BCUT2D eigenvalue weighted by atomic mass is 10.1. The zero-order chi connectivity index (χ0) is 24.1. The Labute approximate surface area is 184 Å². The summed E-state index contributed by atoms with van der Waals surface area (Å²) in [6, 6.07) is 13.5. The molecular weight excluding hydrogens is 449 g/mol. The number of benzene rings is 2. The van der Waals surface area contributed by atoms with Crippen LogP contribution in [0.15, 0.2) is 47.4 Å². The number of carboxylic acids is 1. The van der Waals surface area contributed by atoms with Crippen LogP contribution in [0, 0.1) is 0 Å². The number of carbonyl (C=O) groups is 1. The molecule has 3 rings (SSSR count). The van der Waals surface area contributed by atoms with E-state index in [0.29, 0.717) is 24.0 Å². The number of β-amino-alcohol motifs (C(OH)–C–C–N with tert-alkyl or cyclic N) is 1. The number of aliphatic carboxylic acids is 1. The van der Waals surface area contributed by atoms with Crippen molar-refractivity contribution in [2.75, 3.05) is 13.1 Å². The molecule has 2 aromatic rings. The molecule has 0 radical (unpaired) electrons. The number of alkyl halides is 3. The van der Waals surface area contributed by atoms with Gasteiger partial charge in [0.1, 0.15) is 0 Å². The third-order valence-electron chi connectivity index (χ3n) is 5.35. The van der Waals surface area contributed by atoms with E-state index in [9.17, 15) is 26.7 Å². The van der Waals surface area contributed by atoms with Crippen molar-refractivity contribution in [3.8, 4) is 0 Å². The number of aliphatic hydroxyl groups is 1. The Kier molecular flexibility index (Phi) is 8.63. The van der Waals surface area contributed by atoms with Gasteiger partial charge >= 0.3 is 12.1 Å². The fourth-order valence-corrected chi connectivity index (χ4v) is 4.93. The molecule has 0 saturated carbocycles. The molecule has 11 heteroatoms. The maximum Gasteiger partial charge on any atom is 0.490 e. The zero-order valence-electron chi connectivity index (χ0n) is 17.7. The molecule has 0 aliphatic carbocycles. The van der Waals surface area contributed by atoms with E-state index >= 15 is 0 Å². The van der Waals surface area contributed by atoms with Crippen LogP contribution in [-0.4, -0.2) is 67.0 Å². The monoisotopic (exact) mass is 476 g/mol. The van der Waals surface area contributed by atoms with E-state index in [0.717, 1.165) is 18.2 Å². The zero-order valence-corrected chi connectivity index (χ0v) is 18.5. The summed E-state index contributed by atoms with van der Waals surface area (Å²) in [4.78, 5) is 11.4. The predicted octanol–water partition coefficient (Wildman–Crippen LogP) is 2.99. The lowest BCUT2D eigenvalue weighted by Gasteiger charge is -2.28. The highest BCUT2D eigenvalue weighted by atomic mass is 32.2. The Morgan fingerprint density at radius 1 is 1.12 bits per heavy atom. The van der Waals surface area contributed by atoms with Crippen molar-refractivity contribution in [3.63, 3.8) is 0 Å². The van der Waals surface area contributed by atoms with Gasteiger partial charge in [-0.15, -0.1) is 0 Å². The molecule has 1 aliphatic rings. The molecule has 0 amide bonds. The van der Waals surface area contributed by atoms with Crippen molar-refractivity contribution in [1.82, 2.24) is 9.62 Å². The van der Waals surface area contributed by atoms with Crippen LogP contribution in [0.4, 0.5) is 13.2 Å². The van der Waals surface area contributed by atoms with Crippen LogP contribution >= 0.6 is 0 Å². The maximum atomic E-state index is 12.7. The van der Waals surface area contributed by atoms with Gasteiger partial charge in [-0.05, 0) is 38.1 Å². The van der Waals surface area contributed by atoms with Crippen molar-refractivity contribution in [3.05, 3.63) is 42.5 Å². The van der Waals surface area contributed by atoms with Crippen molar-refractivity contribution in [2.45, 2.75) is 55.9 Å². The number of hydrogen-bond acceptors (Lipinski definition) is 5. The minimum atomic E-state index is -5.08. The van der Waals surface area contributed by atoms with Crippen LogP contribution < -0.4 is 4.72 Å². The molecule has 1 heterocycles. The molecule has 1 aliphatic heterocycles. The van der Waals surface area contributed by atoms with Crippen LogP contribution in [0.5, 0.6) is 0 Å². The SMILES string of the molecule is CC1CCC(C)N1C[C@@H](O)CNS(=O)(=O)c1cccc2ccccc12.O=C(O)C(F)(F)F. The Morgan fingerprint density at radius 3 is 2.22 bits per heavy atom. The second kappa shape index (κ2) is 10.6. The van der Waals surface area contributed by atoms with Crippen molar-refractivity contribution in [1.29, 1.82) is 0 Å². The van der Waals surface area contributed by atoms with Gasteiger partial charge in [-0.3, -0.25) is 4.90 Å². The first-order valence-corrected chi connectivity index (χ1v) is 11.5. The number of halogens is 3. The third-order valence-corrected chi connectivity index (χ3v) is 6.83. The lowest BCUT2D eigenvalue weighted by molar-refractivity contribution is -0.192. The average Bonchev–Trinajstić information content (AvgIpc) is 3.03. The quantitative estimate of drug-likeness (QED) is 0.592. The van der Waals surface area contributed by atoms with Crippen LogP contribution in [0.25, 0.3) is 10.8 Å². The highest BCUT2D eigenvalue weighted by Crippen LogP contribution is 2.24. The van der Waals surface area contributed by atoms with Gasteiger partial charge in [-0.2, -0.15) is 13.2 Å². The van der Waals surface area contributed by atoms with Crippen molar-refractivity contribution >= 4 is 26.8 Å². The minimum absolute atomic E-state index is 0.0154. The van der Waals surface area contributed by atoms with Gasteiger partial charge in [0.05, 0.1) is 11.0 Å². The summed E-state index contributed by atoms with van der Waals surface area (Å²) >= 11 is 0. The Hall–Kier alpha value is -2.21. The van der Waals surface area contributed by atoms with E-state index in [2.05, 4.69) is 23.5 Å². The van der Waals surface area contributed by atoms with Gasteiger partial charge < -0.3 is 10.2 Å². The van der Waals surface area contributed by atoms with E-state index < -0.39 is 28.3 Å². The lowest BCUT2D eigenvalue weighted by Crippen LogP contribution is -2.43. The number of sulfonamides is 1. The van der Waals surface area contributed by atoms with Crippen molar-refractivity contribution < 1.29 is 36.6 Å². The van der Waals surface area contributed by atoms with Crippen LogP contribution in [-0.2, 0) is 14.8 Å². The molecule has 178 valence electrons. The molecule has 3 N–H and O–H groups in total. The normalized spacial score (nSPS) is 20.6. The van der Waals surface area contributed by atoms with Crippen molar-refractivity contribution in [2.24, 2.45) is 0 Å². The van der Waals surface area contributed by atoms with Gasteiger partial charge in [0.2, 0.25) is 10.0 Å². The summed E-state index contributed by atoms with van der Waals surface area (Å²) in [5, 5.41) is 19.0. The number of likely N-dealkylation sites (tertiary alicyclic amines) is 1. The number of hydrogen-bond donors (Lipinski definition) is 3. The molecule has 32 heavy (non-hydrogen) atoms. The van der Waals surface area contributed by atoms with Crippen LogP contribution in [0.2, 0.25) is 0 Å².